The summed E-state index contributed by atoms with van der Waals surface area (Å²) in [7, 11) is 3.65. The normalized spacial score (nSPS) is 17.3. The van der Waals surface area contributed by atoms with Crippen molar-refractivity contribution in [3.63, 3.8) is 0 Å². The third-order valence-corrected chi connectivity index (χ3v) is 3.20. The SMILES string of the molecule is COc1ccc(C(=O)N2CCCN(C)CC2)cn1. The van der Waals surface area contributed by atoms with Crippen molar-refractivity contribution < 1.29 is 9.53 Å². The summed E-state index contributed by atoms with van der Waals surface area (Å²) < 4.78 is 4.99. The first-order chi connectivity index (χ1) is 8.70. The van der Waals surface area contributed by atoms with Crippen molar-refractivity contribution in [2.75, 3.05) is 40.3 Å². The van der Waals surface area contributed by atoms with Crippen molar-refractivity contribution in [3.8, 4) is 5.88 Å². The number of methoxy groups -OCH3 is 1. The highest BCUT2D eigenvalue weighted by molar-refractivity contribution is 5.94. The van der Waals surface area contributed by atoms with E-state index >= 15 is 0 Å². The van der Waals surface area contributed by atoms with Gasteiger partial charge in [-0.25, -0.2) is 4.98 Å². The molecule has 0 aliphatic carbocycles. The second kappa shape index (κ2) is 5.82. The number of nitrogens with zero attached hydrogens (tertiary/aromatic N) is 3. The number of likely N-dealkylation sites (N-methyl/N-ethyl adjacent to an activating group) is 1. The van der Waals surface area contributed by atoms with Gasteiger partial charge in [-0.05, 0) is 26.1 Å². The third-order valence-electron chi connectivity index (χ3n) is 3.20. The molecule has 0 bridgehead atoms. The average molecular weight is 249 g/mol. The quantitative estimate of drug-likeness (QED) is 0.780. The first-order valence-electron chi connectivity index (χ1n) is 6.18. The van der Waals surface area contributed by atoms with E-state index in [1.54, 1.807) is 25.4 Å². The Morgan fingerprint density at radius 2 is 2.11 bits per heavy atom. The maximum absolute atomic E-state index is 12.3. The van der Waals surface area contributed by atoms with E-state index < -0.39 is 0 Å². The first-order valence-corrected chi connectivity index (χ1v) is 6.18. The van der Waals surface area contributed by atoms with Crippen LogP contribution in [0.3, 0.4) is 0 Å². The van der Waals surface area contributed by atoms with Gasteiger partial charge in [0, 0.05) is 31.9 Å². The number of amides is 1. The standard InChI is InChI=1S/C13H19N3O2/c1-15-6-3-7-16(9-8-15)13(17)11-4-5-12(18-2)14-10-11/h4-5,10H,3,6-9H2,1-2H3. The molecule has 2 heterocycles. The van der Waals surface area contributed by atoms with Crippen LogP contribution in [0.2, 0.25) is 0 Å². The molecule has 0 spiro atoms. The van der Waals surface area contributed by atoms with Gasteiger partial charge in [-0.2, -0.15) is 0 Å². The van der Waals surface area contributed by atoms with E-state index in [1.807, 2.05) is 4.90 Å². The van der Waals surface area contributed by atoms with Crippen LogP contribution in [0.25, 0.3) is 0 Å². The number of hydrogen-bond donors (Lipinski definition) is 0. The summed E-state index contributed by atoms with van der Waals surface area (Å²) >= 11 is 0. The van der Waals surface area contributed by atoms with Crippen molar-refractivity contribution in [2.24, 2.45) is 0 Å². The summed E-state index contributed by atoms with van der Waals surface area (Å²) in [6, 6.07) is 3.49. The monoisotopic (exact) mass is 249 g/mol. The molecule has 1 aliphatic heterocycles. The van der Waals surface area contributed by atoms with Gasteiger partial charge in [0.25, 0.3) is 5.91 Å². The smallest absolute Gasteiger partial charge is 0.255 e. The largest absolute Gasteiger partial charge is 0.481 e. The van der Waals surface area contributed by atoms with E-state index in [0.717, 1.165) is 32.6 Å². The lowest BCUT2D eigenvalue weighted by Gasteiger charge is -2.20. The third kappa shape index (κ3) is 2.98. The van der Waals surface area contributed by atoms with Crippen molar-refractivity contribution in [1.82, 2.24) is 14.8 Å². The molecule has 0 atom stereocenters. The summed E-state index contributed by atoms with van der Waals surface area (Å²) in [5.74, 6) is 0.586. The highest BCUT2D eigenvalue weighted by atomic mass is 16.5. The van der Waals surface area contributed by atoms with Crippen LogP contribution in [0, 0.1) is 0 Å². The summed E-state index contributed by atoms with van der Waals surface area (Å²) in [6.07, 6.45) is 2.60. The van der Waals surface area contributed by atoms with Crippen molar-refractivity contribution >= 4 is 5.91 Å². The Labute approximate surface area is 107 Å². The Kier molecular flexibility index (Phi) is 4.15. The zero-order valence-corrected chi connectivity index (χ0v) is 10.9. The van der Waals surface area contributed by atoms with Gasteiger partial charge >= 0.3 is 0 Å². The Morgan fingerprint density at radius 3 is 2.78 bits per heavy atom. The van der Waals surface area contributed by atoms with Crippen LogP contribution in [0.5, 0.6) is 5.88 Å². The second-order valence-corrected chi connectivity index (χ2v) is 4.54. The first kappa shape index (κ1) is 12.8. The van der Waals surface area contributed by atoms with E-state index in [2.05, 4.69) is 16.9 Å². The predicted octanol–water partition coefficient (Wildman–Crippen LogP) is 0.868. The summed E-state index contributed by atoms with van der Waals surface area (Å²) in [5.41, 5.74) is 0.625. The van der Waals surface area contributed by atoms with E-state index in [0.29, 0.717) is 11.4 Å². The number of carbonyl (C=O) groups is 1. The van der Waals surface area contributed by atoms with Crippen molar-refractivity contribution in [3.05, 3.63) is 23.9 Å². The van der Waals surface area contributed by atoms with E-state index in [1.165, 1.54) is 0 Å². The molecule has 18 heavy (non-hydrogen) atoms. The van der Waals surface area contributed by atoms with E-state index in [-0.39, 0.29) is 5.91 Å². The van der Waals surface area contributed by atoms with Gasteiger partial charge in [0.05, 0.1) is 12.7 Å². The molecule has 5 nitrogen and oxygen atoms in total. The Bertz CT molecular complexity index is 405. The maximum Gasteiger partial charge on any atom is 0.255 e. The molecule has 1 saturated heterocycles. The van der Waals surface area contributed by atoms with E-state index in [9.17, 15) is 4.79 Å². The molecule has 1 fully saturated rings. The van der Waals surface area contributed by atoms with Crippen LogP contribution in [-0.2, 0) is 0 Å². The molecule has 1 aliphatic rings. The number of carbonyl (C=O) groups excluding carboxylic acids is 1. The molecule has 5 heteroatoms. The minimum atomic E-state index is 0.0560. The summed E-state index contributed by atoms with van der Waals surface area (Å²) in [6.45, 7) is 3.57. The van der Waals surface area contributed by atoms with Gasteiger partial charge in [-0.1, -0.05) is 0 Å². The highest BCUT2D eigenvalue weighted by Gasteiger charge is 2.18. The molecule has 1 amide bonds. The number of rotatable bonds is 2. The molecule has 0 unspecified atom stereocenters. The Balaban J connectivity index is 2.05. The van der Waals surface area contributed by atoms with Crippen molar-refractivity contribution in [2.45, 2.75) is 6.42 Å². The zero-order chi connectivity index (χ0) is 13.0. The topological polar surface area (TPSA) is 45.7 Å². The minimum Gasteiger partial charge on any atom is -0.481 e. The number of pyridine rings is 1. The molecule has 1 aromatic heterocycles. The lowest BCUT2D eigenvalue weighted by atomic mass is 10.2. The van der Waals surface area contributed by atoms with E-state index in [4.69, 9.17) is 4.74 Å². The van der Waals surface area contributed by atoms with Gasteiger partial charge < -0.3 is 14.5 Å². The minimum absolute atomic E-state index is 0.0560. The molecular weight excluding hydrogens is 230 g/mol. The van der Waals surface area contributed by atoms with Crippen LogP contribution in [0.4, 0.5) is 0 Å². The molecule has 0 N–H and O–H groups in total. The fourth-order valence-electron chi connectivity index (χ4n) is 2.06. The molecule has 0 saturated carbocycles. The average Bonchev–Trinajstić information content (AvgIpc) is 2.63. The Hall–Kier alpha value is -1.62. The lowest BCUT2D eigenvalue weighted by Crippen LogP contribution is -2.34. The summed E-state index contributed by atoms with van der Waals surface area (Å²) in [4.78, 5) is 20.5. The van der Waals surface area contributed by atoms with Crippen LogP contribution in [-0.4, -0.2) is 61.0 Å². The molecule has 0 aromatic carbocycles. The zero-order valence-electron chi connectivity index (χ0n) is 10.9. The fourth-order valence-corrected chi connectivity index (χ4v) is 2.06. The van der Waals surface area contributed by atoms with Gasteiger partial charge in [0.15, 0.2) is 0 Å². The second-order valence-electron chi connectivity index (χ2n) is 4.54. The number of ether oxygens (including phenoxy) is 1. The van der Waals surface area contributed by atoms with Gasteiger partial charge in [-0.15, -0.1) is 0 Å². The molecule has 0 radical (unpaired) electrons. The summed E-state index contributed by atoms with van der Waals surface area (Å²) in [5, 5.41) is 0. The maximum atomic E-state index is 12.3. The number of aromatic nitrogens is 1. The van der Waals surface area contributed by atoms with Crippen LogP contribution < -0.4 is 4.74 Å². The van der Waals surface area contributed by atoms with Crippen LogP contribution >= 0.6 is 0 Å². The fraction of sp³-hybridized carbons (Fsp3) is 0.538. The van der Waals surface area contributed by atoms with Gasteiger partial charge in [0.1, 0.15) is 0 Å². The molecule has 98 valence electrons. The van der Waals surface area contributed by atoms with Crippen molar-refractivity contribution in [1.29, 1.82) is 0 Å². The van der Waals surface area contributed by atoms with Gasteiger partial charge in [0.2, 0.25) is 5.88 Å². The molecule has 1 aromatic rings. The lowest BCUT2D eigenvalue weighted by molar-refractivity contribution is 0.0762. The van der Waals surface area contributed by atoms with Crippen LogP contribution in [0.15, 0.2) is 18.3 Å². The van der Waals surface area contributed by atoms with Gasteiger partial charge in [-0.3, -0.25) is 4.79 Å². The Morgan fingerprint density at radius 1 is 1.28 bits per heavy atom. The highest BCUT2D eigenvalue weighted by Crippen LogP contribution is 2.11. The number of hydrogen-bond acceptors (Lipinski definition) is 4. The predicted molar refractivity (Wildman–Crippen MR) is 68.8 cm³/mol. The molecule has 2 rings (SSSR count). The van der Waals surface area contributed by atoms with Crippen LogP contribution in [0.1, 0.15) is 16.8 Å². The molecular formula is C13H19N3O2.